The third-order valence-corrected chi connectivity index (χ3v) is 2.05. The van der Waals surface area contributed by atoms with Crippen LogP contribution in [0, 0.1) is 6.92 Å². The van der Waals surface area contributed by atoms with Crippen LogP contribution in [0.2, 0.25) is 5.02 Å². The molecule has 0 spiro atoms. The summed E-state index contributed by atoms with van der Waals surface area (Å²) >= 11 is 5.79. The summed E-state index contributed by atoms with van der Waals surface area (Å²) in [6.45, 7) is 3.51. The third-order valence-electron chi connectivity index (χ3n) is 1.81. The molecule has 16 heavy (non-hydrogen) atoms. The molecule has 0 fully saturated rings. The smallest absolute Gasteiger partial charge is 0.277 e. The van der Waals surface area contributed by atoms with E-state index in [4.69, 9.17) is 16.3 Å². The molecule has 0 saturated heterocycles. The molecule has 0 unspecified atom stereocenters. The summed E-state index contributed by atoms with van der Waals surface area (Å²) in [4.78, 5) is 11.2. The minimum absolute atomic E-state index is 0.0696. The van der Waals surface area contributed by atoms with Gasteiger partial charge in [-0.15, -0.1) is 0 Å². The SMILES string of the molecule is CC=NNC(=O)COc1ccc(Cl)cc1C. The van der Waals surface area contributed by atoms with E-state index >= 15 is 0 Å². The zero-order valence-electron chi connectivity index (χ0n) is 9.16. The van der Waals surface area contributed by atoms with Crippen molar-refractivity contribution in [2.75, 3.05) is 6.61 Å². The molecule has 0 aliphatic rings. The molecular weight excluding hydrogens is 228 g/mol. The van der Waals surface area contributed by atoms with Gasteiger partial charge in [-0.3, -0.25) is 4.79 Å². The molecule has 0 aliphatic heterocycles. The number of carbonyl (C=O) groups excluding carboxylic acids is 1. The molecule has 4 nitrogen and oxygen atoms in total. The number of nitrogens with one attached hydrogen (secondary N) is 1. The Morgan fingerprint density at radius 2 is 2.38 bits per heavy atom. The van der Waals surface area contributed by atoms with Crippen molar-refractivity contribution in [2.45, 2.75) is 13.8 Å². The Kier molecular flexibility index (Phi) is 4.79. The van der Waals surface area contributed by atoms with E-state index in [1.165, 1.54) is 6.21 Å². The number of aryl methyl sites for hydroxylation is 1. The van der Waals surface area contributed by atoms with Crippen molar-refractivity contribution in [3.63, 3.8) is 0 Å². The van der Waals surface area contributed by atoms with Gasteiger partial charge < -0.3 is 4.74 Å². The first-order valence-electron chi connectivity index (χ1n) is 4.79. The molecule has 1 rings (SSSR count). The number of hydrazone groups is 1. The number of ether oxygens (including phenoxy) is 1. The molecule has 0 saturated carbocycles. The monoisotopic (exact) mass is 240 g/mol. The zero-order chi connectivity index (χ0) is 12.0. The molecule has 1 N–H and O–H groups in total. The minimum Gasteiger partial charge on any atom is -0.483 e. The van der Waals surface area contributed by atoms with Crippen LogP contribution in [0.1, 0.15) is 12.5 Å². The molecule has 1 aromatic rings. The molecule has 0 aliphatic carbocycles. The second kappa shape index (κ2) is 6.12. The summed E-state index contributed by atoms with van der Waals surface area (Å²) in [6, 6.07) is 5.22. The highest BCUT2D eigenvalue weighted by Crippen LogP contribution is 2.21. The van der Waals surface area contributed by atoms with Crippen LogP contribution in [0.15, 0.2) is 23.3 Å². The van der Waals surface area contributed by atoms with Crippen LogP contribution in [0.4, 0.5) is 0 Å². The normalized spacial score (nSPS) is 10.4. The first kappa shape index (κ1) is 12.5. The zero-order valence-corrected chi connectivity index (χ0v) is 9.91. The number of hydrogen-bond donors (Lipinski definition) is 1. The van der Waals surface area contributed by atoms with Gasteiger partial charge in [-0.05, 0) is 37.6 Å². The Hall–Kier alpha value is -1.55. The van der Waals surface area contributed by atoms with Crippen molar-refractivity contribution in [2.24, 2.45) is 5.10 Å². The van der Waals surface area contributed by atoms with Gasteiger partial charge in [0.05, 0.1) is 0 Å². The van der Waals surface area contributed by atoms with Crippen LogP contribution in [-0.2, 0) is 4.79 Å². The molecule has 86 valence electrons. The lowest BCUT2D eigenvalue weighted by molar-refractivity contribution is -0.123. The second-order valence-corrected chi connectivity index (χ2v) is 3.56. The highest BCUT2D eigenvalue weighted by Gasteiger charge is 2.04. The Bertz CT molecular complexity index is 405. The molecule has 0 radical (unpaired) electrons. The van der Waals surface area contributed by atoms with Crippen LogP contribution in [0.3, 0.4) is 0 Å². The van der Waals surface area contributed by atoms with Crippen LogP contribution >= 0.6 is 11.6 Å². The Balaban J connectivity index is 2.51. The van der Waals surface area contributed by atoms with Crippen LogP contribution < -0.4 is 10.2 Å². The Labute approximate surface area is 99.2 Å². The average Bonchev–Trinajstić information content (AvgIpc) is 2.25. The fourth-order valence-electron chi connectivity index (χ4n) is 1.09. The summed E-state index contributed by atoms with van der Waals surface area (Å²) < 4.78 is 5.31. The van der Waals surface area contributed by atoms with Crippen molar-refractivity contribution >= 4 is 23.7 Å². The number of nitrogens with zero attached hydrogens (tertiary/aromatic N) is 1. The van der Waals surface area contributed by atoms with Crippen molar-refractivity contribution in [1.29, 1.82) is 0 Å². The molecule has 0 aromatic heterocycles. The van der Waals surface area contributed by atoms with Crippen molar-refractivity contribution in [1.82, 2.24) is 5.43 Å². The molecule has 5 heteroatoms. The van der Waals surface area contributed by atoms with E-state index in [9.17, 15) is 4.79 Å². The molecule has 0 heterocycles. The standard InChI is InChI=1S/C11H13ClN2O2/c1-3-13-14-11(15)7-16-10-5-4-9(12)6-8(10)2/h3-6H,7H2,1-2H3,(H,14,15). The number of carbonyl (C=O) groups is 1. The van der Waals surface area contributed by atoms with Gasteiger partial charge >= 0.3 is 0 Å². The van der Waals surface area contributed by atoms with Crippen molar-refractivity contribution in [3.05, 3.63) is 28.8 Å². The lowest BCUT2D eigenvalue weighted by Crippen LogP contribution is -2.24. The van der Waals surface area contributed by atoms with Gasteiger partial charge in [-0.1, -0.05) is 11.6 Å². The number of benzene rings is 1. The van der Waals surface area contributed by atoms with E-state index in [2.05, 4.69) is 10.5 Å². The van der Waals surface area contributed by atoms with E-state index in [1.807, 2.05) is 6.92 Å². The minimum atomic E-state index is -0.299. The molecule has 1 aromatic carbocycles. The van der Waals surface area contributed by atoms with E-state index in [1.54, 1.807) is 25.1 Å². The topological polar surface area (TPSA) is 50.7 Å². The Morgan fingerprint density at radius 1 is 1.62 bits per heavy atom. The summed E-state index contributed by atoms with van der Waals surface area (Å²) in [5.74, 6) is 0.340. The second-order valence-electron chi connectivity index (χ2n) is 3.12. The van der Waals surface area contributed by atoms with Gasteiger partial charge in [-0.2, -0.15) is 5.10 Å². The number of amides is 1. The van der Waals surface area contributed by atoms with Crippen molar-refractivity contribution < 1.29 is 9.53 Å². The fourth-order valence-corrected chi connectivity index (χ4v) is 1.31. The first-order valence-corrected chi connectivity index (χ1v) is 5.16. The third kappa shape index (κ3) is 3.90. The fraction of sp³-hybridized carbons (Fsp3) is 0.273. The molecule has 0 bridgehead atoms. The highest BCUT2D eigenvalue weighted by molar-refractivity contribution is 6.30. The predicted molar refractivity (Wildman–Crippen MR) is 64.0 cm³/mol. The summed E-state index contributed by atoms with van der Waals surface area (Å²) in [5, 5.41) is 4.24. The quantitative estimate of drug-likeness (QED) is 0.648. The maximum absolute atomic E-state index is 11.2. The first-order chi connectivity index (χ1) is 7.63. The van der Waals surface area contributed by atoms with Gasteiger partial charge in [0.25, 0.3) is 5.91 Å². The number of halogens is 1. The van der Waals surface area contributed by atoms with Gasteiger partial charge in [-0.25, -0.2) is 5.43 Å². The van der Waals surface area contributed by atoms with E-state index in [0.717, 1.165) is 5.56 Å². The van der Waals surface area contributed by atoms with Crippen LogP contribution in [0.5, 0.6) is 5.75 Å². The van der Waals surface area contributed by atoms with E-state index in [-0.39, 0.29) is 12.5 Å². The average molecular weight is 241 g/mol. The predicted octanol–water partition coefficient (Wildman–Crippen LogP) is 2.15. The maximum Gasteiger partial charge on any atom is 0.277 e. The molecule has 1 amide bonds. The highest BCUT2D eigenvalue weighted by atomic mass is 35.5. The number of hydrogen-bond acceptors (Lipinski definition) is 3. The summed E-state index contributed by atoms with van der Waals surface area (Å²) in [6.07, 6.45) is 1.49. The van der Waals surface area contributed by atoms with E-state index < -0.39 is 0 Å². The summed E-state index contributed by atoms with van der Waals surface area (Å²) in [7, 11) is 0. The largest absolute Gasteiger partial charge is 0.483 e. The van der Waals surface area contributed by atoms with E-state index in [0.29, 0.717) is 10.8 Å². The Morgan fingerprint density at radius 3 is 3.00 bits per heavy atom. The summed E-state index contributed by atoms with van der Waals surface area (Å²) in [5.41, 5.74) is 3.20. The maximum atomic E-state index is 11.2. The van der Waals surface area contributed by atoms with Crippen molar-refractivity contribution in [3.8, 4) is 5.75 Å². The van der Waals surface area contributed by atoms with Crippen LogP contribution in [-0.4, -0.2) is 18.7 Å². The number of rotatable bonds is 4. The lowest BCUT2D eigenvalue weighted by Gasteiger charge is -2.07. The van der Waals surface area contributed by atoms with Gasteiger partial charge in [0, 0.05) is 11.2 Å². The molecular formula is C11H13ClN2O2. The van der Waals surface area contributed by atoms with Crippen LogP contribution in [0.25, 0.3) is 0 Å². The van der Waals surface area contributed by atoms with Gasteiger partial charge in [0.15, 0.2) is 6.61 Å². The lowest BCUT2D eigenvalue weighted by atomic mass is 10.2. The molecule has 0 atom stereocenters. The van der Waals surface area contributed by atoms with Gasteiger partial charge in [0.2, 0.25) is 0 Å². The van der Waals surface area contributed by atoms with Gasteiger partial charge in [0.1, 0.15) is 5.75 Å².